The lowest BCUT2D eigenvalue weighted by molar-refractivity contribution is 0.792. The molecule has 0 N–H and O–H groups in total. The van der Waals surface area contributed by atoms with Crippen LogP contribution in [-0.2, 0) is 5.41 Å². The fourth-order valence-corrected chi connectivity index (χ4v) is 5.24. The molecular weight excluding hydrogens is 324 g/mol. The van der Waals surface area contributed by atoms with Crippen molar-refractivity contribution in [2.24, 2.45) is 0 Å². The van der Waals surface area contributed by atoms with Gasteiger partial charge in [-0.25, -0.2) is 0 Å². The first-order valence-electron chi connectivity index (χ1n) is 9.54. The SMILES string of the molecule is C1=CC=C2C(=CC=1)C1(C3=CCC=CC=C3c3ccccc31)c1ccccc12. The highest BCUT2D eigenvalue weighted by atomic mass is 14.5. The summed E-state index contributed by atoms with van der Waals surface area (Å²) in [6.07, 6.45) is 18.7. The van der Waals surface area contributed by atoms with Crippen molar-refractivity contribution >= 4 is 11.1 Å². The summed E-state index contributed by atoms with van der Waals surface area (Å²) in [5, 5.41) is 0. The van der Waals surface area contributed by atoms with Crippen molar-refractivity contribution in [3.8, 4) is 0 Å². The van der Waals surface area contributed by atoms with Gasteiger partial charge in [0, 0.05) is 0 Å². The maximum absolute atomic E-state index is 3.27. The monoisotopic (exact) mass is 342 g/mol. The number of hydrogen-bond donors (Lipinski definition) is 0. The van der Waals surface area contributed by atoms with Gasteiger partial charge < -0.3 is 0 Å². The molecule has 0 aromatic heterocycles. The van der Waals surface area contributed by atoms with Gasteiger partial charge in [-0.05, 0) is 75.3 Å². The van der Waals surface area contributed by atoms with Gasteiger partial charge in [-0.1, -0.05) is 72.8 Å². The molecule has 0 radical (unpaired) electrons. The van der Waals surface area contributed by atoms with Crippen LogP contribution in [-0.4, -0.2) is 0 Å². The van der Waals surface area contributed by atoms with Crippen LogP contribution in [0.1, 0.15) is 28.7 Å². The lowest BCUT2D eigenvalue weighted by atomic mass is 9.70. The van der Waals surface area contributed by atoms with E-state index >= 15 is 0 Å². The van der Waals surface area contributed by atoms with E-state index in [1.54, 1.807) is 0 Å². The van der Waals surface area contributed by atoms with E-state index in [4.69, 9.17) is 0 Å². The maximum atomic E-state index is 3.27. The Kier molecular flexibility index (Phi) is 2.92. The molecule has 1 unspecified atom stereocenters. The third-order valence-electron chi connectivity index (χ3n) is 6.18. The average molecular weight is 342 g/mol. The van der Waals surface area contributed by atoms with Crippen molar-refractivity contribution in [1.82, 2.24) is 0 Å². The molecule has 27 heavy (non-hydrogen) atoms. The molecule has 1 atom stereocenters. The molecule has 0 nitrogen and oxygen atoms in total. The summed E-state index contributed by atoms with van der Waals surface area (Å²) in [5.41, 5.74) is 14.0. The van der Waals surface area contributed by atoms with Gasteiger partial charge in [0.15, 0.2) is 0 Å². The van der Waals surface area contributed by atoms with Gasteiger partial charge in [-0.2, -0.15) is 0 Å². The number of fused-ring (bicyclic) bond motifs is 10. The van der Waals surface area contributed by atoms with Gasteiger partial charge in [0.05, 0.1) is 5.41 Å². The minimum atomic E-state index is -0.229. The van der Waals surface area contributed by atoms with E-state index in [0.29, 0.717) is 0 Å². The molecule has 0 bridgehead atoms. The van der Waals surface area contributed by atoms with Crippen LogP contribution in [0.3, 0.4) is 0 Å². The van der Waals surface area contributed by atoms with E-state index in [1.165, 1.54) is 44.5 Å². The molecule has 2 aromatic rings. The second kappa shape index (κ2) is 5.33. The molecule has 0 saturated carbocycles. The second-order valence-corrected chi connectivity index (χ2v) is 7.36. The molecule has 2 aromatic carbocycles. The fraction of sp³-hybridized carbons (Fsp3) is 0.0741. The number of benzene rings is 2. The molecule has 0 saturated heterocycles. The summed E-state index contributed by atoms with van der Waals surface area (Å²) >= 11 is 0. The van der Waals surface area contributed by atoms with Crippen molar-refractivity contribution in [1.29, 1.82) is 0 Å². The summed E-state index contributed by atoms with van der Waals surface area (Å²) in [4.78, 5) is 0. The Morgan fingerprint density at radius 1 is 0.704 bits per heavy atom. The van der Waals surface area contributed by atoms with Crippen LogP contribution in [0.15, 0.2) is 114 Å². The zero-order chi connectivity index (χ0) is 17.8. The lowest BCUT2D eigenvalue weighted by Crippen LogP contribution is -2.26. The van der Waals surface area contributed by atoms with Crippen LogP contribution in [0.4, 0.5) is 0 Å². The first-order chi connectivity index (χ1) is 13.4. The number of allylic oxidation sites excluding steroid dienone is 11. The largest absolute Gasteiger partial charge is 0.121 e. The summed E-state index contributed by atoms with van der Waals surface area (Å²) in [5.74, 6) is 0. The highest BCUT2D eigenvalue weighted by molar-refractivity contribution is 6.04. The van der Waals surface area contributed by atoms with Crippen molar-refractivity contribution < 1.29 is 0 Å². The van der Waals surface area contributed by atoms with Crippen LogP contribution in [0, 0.1) is 0 Å². The van der Waals surface area contributed by atoms with Crippen LogP contribution in [0.25, 0.3) is 11.1 Å². The smallest absolute Gasteiger partial charge is 0.0722 e. The number of rotatable bonds is 0. The first-order valence-corrected chi connectivity index (χ1v) is 9.54. The van der Waals surface area contributed by atoms with Gasteiger partial charge in [0.2, 0.25) is 0 Å². The van der Waals surface area contributed by atoms with E-state index in [9.17, 15) is 0 Å². The Morgan fingerprint density at radius 2 is 1.37 bits per heavy atom. The molecule has 0 aliphatic heterocycles. The molecular formula is C27H18. The highest BCUT2D eigenvalue weighted by Gasteiger charge is 2.54. The van der Waals surface area contributed by atoms with Gasteiger partial charge in [0.25, 0.3) is 0 Å². The standard InChI is InChI=1S/C27H18/c1-3-11-19-21-13-7-9-17-25(21)27(23(19)15-5-1)24-16-6-2-4-12-20(24)22-14-8-10-18-26(22)27/h1,3-4,6-18H,5H2. The van der Waals surface area contributed by atoms with Crippen LogP contribution in [0.5, 0.6) is 0 Å². The van der Waals surface area contributed by atoms with Crippen molar-refractivity contribution in [3.63, 3.8) is 0 Å². The predicted molar refractivity (Wildman–Crippen MR) is 112 cm³/mol. The van der Waals surface area contributed by atoms with Gasteiger partial charge in [-0.15, -0.1) is 5.73 Å². The van der Waals surface area contributed by atoms with Crippen LogP contribution < -0.4 is 0 Å². The minimum absolute atomic E-state index is 0.229. The predicted octanol–water partition coefficient (Wildman–Crippen LogP) is 6.30. The average Bonchev–Trinajstić information content (AvgIpc) is 2.94. The van der Waals surface area contributed by atoms with Crippen LogP contribution in [0.2, 0.25) is 0 Å². The third kappa shape index (κ3) is 1.74. The molecule has 0 fully saturated rings. The quantitative estimate of drug-likeness (QED) is 0.493. The van der Waals surface area contributed by atoms with Gasteiger partial charge >= 0.3 is 0 Å². The van der Waals surface area contributed by atoms with Crippen molar-refractivity contribution in [3.05, 3.63) is 136 Å². The maximum Gasteiger partial charge on any atom is 0.0722 e. The molecule has 6 rings (SSSR count). The van der Waals surface area contributed by atoms with E-state index in [-0.39, 0.29) is 5.41 Å². The van der Waals surface area contributed by atoms with E-state index < -0.39 is 0 Å². The first kappa shape index (κ1) is 14.8. The zero-order valence-electron chi connectivity index (χ0n) is 14.9. The lowest BCUT2D eigenvalue weighted by Gasteiger charge is -2.31. The molecule has 4 aliphatic rings. The second-order valence-electron chi connectivity index (χ2n) is 7.36. The molecule has 0 amide bonds. The van der Waals surface area contributed by atoms with Gasteiger partial charge in [-0.3, -0.25) is 0 Å². The molecule has 1 spiro atoms. The molecule has 0 heteroatoms. The van der Waals surface area contributed by atoms with Crippen molar-refractivity contribution in [2.75, 3.05) is 0 Å². The third-order valence-corrected chi connectivity index (χ3v) is 6.18. The molecule has 0 heterocycles. The Hall–Kier alpha value is -3.34. The van der Waals surface area contributed by atoms with E-state index in [0.717, 1.165) is 6.42 Å². The zero-order valence-corrected chi connectivity index (χ0v) is 14.9. The Morgan fingerprint density at radius 3 is 2.15 bits per heavy atom. The van der Waals surface area contributed by atoms with Crippen LogP contribution >= 0.6 is 0 Å². The topological polar surface area (TPSA) is 0 Å². The highest BCUT2D eigenvalue weighted by Crippen LogP contribution is 2.64. The Labute approximate surface area is 159 Å². The summed E-state index contributed by atoms with van der Waals surface area (Å²) in [6.45, 7) is 0. The van der Waals surface area contributed by atoms with Gasteiger partial charge in [0.1, 0.15) is 0 Å². The van der Waals surface area contributed by atoms with Crippen molar-refractivity contribution in [2.45, 2.75) is 11.8 Å². The summed E-state index contributed by atoms with van der Waals surface area (Å²) < 4.78 is 0. The Balaban J connectivity index is 1.82. The minimum Gasteiger partial charge on any atom is -0.121 e. The number of hydrogen-bond acceptors (Lipinski definition) is 0. The summed E-state index contributed by atoms with van der Waals surface area (Å²) in [7, 11) is 0. The van der Waals surface area contributed by atoms with E-state index in [1.807, 2.05) is 6.08 Å². The normalized spacial score (nSPS) is 23.4. The molecule has 126 valence electrons. The molecule has 4 aliphatic carbocycles. The fourth-order valence-electron chi connectivity index (χ4n) is 5.24. The summed E-state index contributed by atoms with van der Waals surface area (Å²) in [6, 6.07) is 17.8. The Bertz CT molecular complexity index is 1220. The van der Waals surface area contributed by atoms with E-state index in [2.05, 4.69) is 96.8 Å².